The summed E-state index contributed by atoms with van der Waals surface area (Å²) in [5.41, 5.74) is 0.222. The predicted octanol–water partition coefficient (Wildman–Crippen LogP) is 5.28. The van der Waals surface area contributed by atoms with E-state index >= 15 is 0 Å². The smallest absolute Gasteiger partial charge is 0.120 e. The van der Waals surface area contributed by atoms with Gasteiger partial charge in [0.05, 0.1) is 26.9 Å². The van der Waals surface area contributed by atoms with Gasteiger partial charge >= 0.3 is 0 Å². The molecule has 1 unspecified atom stereocenters. The van der Waals surface area contributed by atoms with Crippen LogP contribution in [0.2, 0.25) is 0 Å². The lowest BCUT2D eigenvalue weighted by Crippen LogP contribution is -2.47. The number of nitriles is 2. The van der Waals surface area contributed by atoms with E-state index < -0.39 is 5.41 Å². The Morgan fingerprint density at radius 2 is 1.81 bits per heavy atom. The molecule has 3 rings (SSSR count). The molecule has 2 aromatic rings. The first-order valence-corrected chi connectivity index (χ1v) is 12.8. The number of thiophene rings is 1. The summed E-state index contributed by atoms with van der Waals surface area (Å²) >= 11 is 5.24. The molecule has 0 N–H and O–H groups in total. The number of hydrogen-bond donors (Lipinski definition) is 0. The Kier molecular flexibility index (Phi) is 9.13. The van der Waals surface area contributed by atoms with Gasteiger partial charge in [-0.25, -0.2) is 0 Å². The minimum Gasteiger partial charge on any atom is -0.492 e. The fourth-order valence-electron chi connectivity index (χ4n) is 4.26. The van der Waals surface area contributed by atoms with E-state index in [1.165, 1.54) is 4.88 Å². The van der Waals surface area contributed by atoms with Gasteiger partial charge in [0.2, 0.25) is 0 Å². The third-order valence-electron chi connectivity index (χ3n) is 6.35. The Morgan fingerprint density at radius 3 is 2.41 bits per heavy atom. The summed E-state index contributed by atoms with van der Waals surface area (Å²) in [6.45, 7) is 11.1. The summed E-state index contributed by atoms with van der Waals surface area (Å²) in [6, 6.07) is 16.3. The average molecular weight is 516 g/mol. The predicted molar refractivity (Wildman–Crippen MR) is 133 cm³/mol. The molecule has 0 saturated carbocycles. The van der Waals surface area contributed by atoms with Crippen LogP contribution in [-0.4, -0.2) is 55.7 Å². The van der Waals surface area contributed by atoms with Crippen LogP contribution in [0.4, 0.5) is 0 Å². The molecule has 1 saturated heterocycles. The highest BCUT2D eigenvalue weighted by atomic mass is 79.9. The van der Waals surface area contributed by atoms with Gasteiger partial charge in [0.25, 0.3) is 0 Å². The lowest BCUT2D eigenvalue weighted by atomic mass is 9.73. The van der Waals surface area contributed by atoms with Crippen LogP contribution in [0.15, 0.2) is 40.2 Å². The molecule has 5 nitrogen and oxygen atoms in total. The van der Waals surface area contributed by atoms with Crippen molar-refractivity contribution in [1.29, 1.82) is 10.5 Å². The van der Waals surface area contributed by atoms with Crippen LogP contribution in [0.25, 0.3) is 0 Å². The van der Waals surface area contributed by atoms with Crippen molar-refractivity contribution in [3.63, 3.8) is 0 Å². The molecular weight excluding hydrogens is 484 g/mol. The quantitative estimate of drug-likeness (QED) is 0.431. The van der Waals surface area contributed by atoms with E-state index in [1.807, 2.05) is 12.1 Å². The summed E-state index contributed by atoms with van der Waals surface area (Å²) in [6.07, 6.45) is 1.92. The Hall–Kier alpha value is -1.90. The fraction of sp³-hybridized carbons (Fsp3) is 0.520. The van der Waals surface area contributed by atoms with E-state index in [9.17, 15) is 5.26 Å². The molecule has 0 aliphatic carbocycles. The second-order valence-corrected chi connectivity index (χ2v) is 11.1. The lowest BCUT2D eigenvalue weighted by molar-refractivity contribution is 0.114. The zero-order valence-electron chi connectivity index (χ0n) is 18.9. The van der Waals surface area contributed by atoms with Gasteiger partial charge in [0.15, 0.2) is 0 Å². The van der Waals surface area contributed by atoms with E-state index in [4.69, 9.17) is 10.00 Å². The van der Waals surface area contributed by atoms with Crippen LogP contribution >= 0.6 is 27.3 Å². The standard InChI is InChI=1S/C25H31BrN4OS/c1-20(2)25(19-28,23-7-8-24(26)32-23)9-4-10-29-11-13-30(14-12-29)15-16-31-22-6-3-5-21(17-22)18-27/h3,5-8,17,20H,4,9-16H2,1-2H3. The number of benzene rings is 1. The van der Waals surface area contributed by atoms with Crippen molar-refractivity contribution in [3.05, 3.63) is 50.6 Å². The molecule has 0 radical (unpaired) electrons. The lowest BCUT2D eigenvalue weighted by Gasteiger charge is -2.35. The van der Waals surface area contributed by atoms with Crippen molar-refractivity contribution in [2.24, 2.45) is 5.92 Å². The van der Waals surface area contributed by atoms with Crippen LogP contribution in [0.3, 0.4) is 0 Å². The molecule has 1 atom stereocenters. The Labute approximate surface area is 204 Å². The number of halogens is 1. The van der Waals surface area contributed by atoms with E-state index in [2.05, 4.69) is 63.8 Å². The topological polar surface area (TPSA) is 63.3 Å². The molecule has 1 aromatic carbocycles. The summed E-state index contributed by atoms with van der Waals surface area (Å²) in [7, 11) is 0. The highest BCUT2D eigenvalue weighted by molar-refractivity contribution is 9.11. The van der Waals surface area contributed by atoms with E-state index in [0.717, 1.165) is 61.6 Å². The van der Waals surface area contributed by atoms with Crippen molar-refractivity contribution in [2.45, 2.75) is 32.1 Å². The minimum absolute atomic E-state index is 0.281. The first-order valence-electron chi connectivity index (χ1n) is 11.2. The minimum atomic E-state index is -0.404. The molecule has 32 heavy (non-hydrogen) atoms. The van der Waals surface area contributed by atoms with Crippen LogP contribution in [-0.2, 0) is 5.41 Å². The second kappa shape index (κ2) is 11.8. The molecule has 1 fully saturated rings. The maximum atomic E-state index is 10.1. The fourth-order valence-corrected chi connectivity index (χ4v) is 5.96. The molecular formula is C25H31BrN4OS. The molecule has 170 valence electrons. The normalized spacial score (nSPS) is 16.9. The number of ether oxygens (including phenoxy) is 1. The highest BCUT2D eigenvalue weighted by Crippen LogP contribution is 2.41. The molecule has 1 aromatic heterocycles. The Balaban J connectivity index is 1.40. The number of nitrogens with zero attached hydrogens (tertiary/aromatic N) is 4. The largest absolute Gasteiger partial charge is 0.492 e. The van der Waals surface area contributed by atoms with Gasteiger partial charge < -0.3 is 9.64 Å². The molecule has 0 bridgehead atoms. The van der Waals surface area contributed by atoms with Gasteiger partial charge in [0.1, 0.15) is 12.4 Å². The van der Waals surface area contributed by atoms with Gasteiger partial charge in [-0.2, -0.15) is 10.5 Å². The number of hydrogen-bond acceptors (Lipinski definition) is 6. The van der Waals surface area contributed by atoms with Gasteiger partial charge in [-0.1, -0.05) is 19.9 Å². The van der Waals surface area contributed by atoms with Crippen molar-refractivity contribution in [2.75, 3.05) is 45.9 Å². The van der Waals surface area contributed by atoms with Crippen LogP contribution in [0.1, 0.15) is 37.1 Å². The zero-order chi connectivity index (χ0) is 23.0. The van der Waals surface area contributed by atoms with Crippen LogP contribution < -0.4 is 4.74 Å². The van der Waals surface area contributed by atoms with Crippen molar-refractivity contribution < 1.29 is 4.74 Å². The maximum Gasteiger partial charge on any atom is 0.120 e. The zero-order valence-corrected chi connectivity index (χ0v) is 21.3. The monoisotopic (exact) mass is 514 g/mol. The molecule has 1 aliphatic rings. The molecule has 7 heteroatoms. The summed E-state index contributed by atoms with van der Waals surface area (Å²) in [5, 5.41) is 19.1. The third kappa shape index (κ3) is 6.33. The van der Waals surface area contributed by atoms with Gasteiger partial charge in [0, 0.05) is 37.6 Å². The average Bonchev–Trinajstić information content (AvgIpc) is 3.24. The van der Waals surface area contributed by atoms with Crippen LogP contribution in [0.5, 0.6) is 5.75 Å². The number of rotatable bonds is 10. The molecule has 1 aliphatic heterocycles. The second-order valence-electron chi connectivity index (χ2n) is 8.62. The summed E-state index contributed by atoms with van der Waals surface area (Å²) in [5.74, 6) is 1.04. The van der Waals surface area contributed by atoms with Crippen molar-refractivity contribution in [3.8, 4) is 17.9 Å². The first-order chi connectivity index (χ1) is 15.5. The Bertz CT molecular complexity index is 955. The van der Waals surface area contributed by atoms with Gasteiger partial charge in [-0.15, -0.1) is 11.3 Å². The maximum absolute atomic E-state index is 10.1. The summed E-state index contributed by atoms with van der Waals surface area (Å²) < 4.78 is 6.91. The van der Waals surface area contributed by atoms with E-state index in [-0.39, 0.29) is 5.92 Å². The Morgan fingerprint density at radius 1 is 1.09 bits per heavy atom. The number of piperazine rings is 1. The molecule has 2 heterocycles. The van der Waals surface area contributed by atoms with Gasteiger partial charge in [-0.05, 0) is 71.6 Å². The molecule has 0 amide bonds. The SMILES string of the molecule is CC(C)C(C#N)(CCCN1CCN(CCOc2cccc(C#N)c2)CC1)c1ccc(Br)s1. The summed E-state index contributed by atoms with van der Waals surface area (Å²) in [4.78, 5) is 6.12. The van der Waals surface area contributed by atoms with Crippen molar-refractivity contribution >= 4 is 27.3 Å². The first kappa shape index (κ1) is 24.7. The highest BCUT2D eigenvalue weighted by Gasteiger charge is 2.37. The van der Waals surface area contributed by atoms with E-state index in [0.29, 0.717) is 12.2 Å². The van der Waals surface area contributed by atoms with Crippen LogP contribution in [0, 0.1) is 28.6 Å². The third-order valence-corrected chi connectivity index (χ3v) is 8.15. The van der Waals surface area contributed by atoms with Gasteiger partial charge in [-0.3, -0.25) is 4.90 Å². The van der Waals surface area contributed by atoms with E-state index in [1.54, 1.807) is 23.5 Å². The van der Waals surface area contributed by atoms with Crippen molar-refractivity contribution in [1.82, 2.24) is 9.80 Å². The molecule has 0 spiro atoms.